The van der Waals surface area contributed by atoms with Crippen LogP contribution in [0.5, 0.6) is 0 Å². The first-order chi connectivity index (χ1) is 6.82. The van der Waals surface area contributed by atoms with Crippen LogP contribution in [-0.2, 0) is 4.79 Å². The van der Waals surface area contributed by atoms with Crippen molar-refractivity contribution in [3.63, 3.8) is 0 Å². The first-order valence-electron chi connectivity index (χ1n) is 4.29. The van der Waals surface area contributed by atoms with Crippen molar-refractivity contribution in [2.45, 2.75) is 31.0 Å². The molecule has 4 N–H and O–H groups in total. The van der Waals surface area contributed by atoms with Crippen molar-refractivity contribution in [1.29, 1.82) is 0 Å². The monoisotopic (exact) mass is 228 g/mol. The van der Waals surface area contributed by atoms with E-state index in [2.05, 4.69) is 5.32 Å². The molecule has 1 saturated heterocycles. The summed E-state index contributed by atoms with van der Waals surface area (Å²) in [6.45, 7) is 0.223. The van der Waals surface area contributed by atoms with E-state index in [0.29, 0.717) is 0 Å². The zero-order valence-corrected chi connectivity index (χ0v) is 7.58. The molecule has 0 bridgehead atoms. The van der Waals surface area contributed by atoms with Gasteiger partial charge in [0.1, 0.15) is 12.3 Å². The number of hydrogen-bond donors (Lipinski definition) is 4. The van der Waals surface area contributed by atoms with Crippen LogP contribution in [0.1, 0.15) is 6.42 Å². The number of carbonyl (C=O) groups excluding carboxylic acids is 1. The molecule has 1 aliphatic rings. The summed E-state index contributed by atoms with van der Waals surface area (Å²) >= 11 is 0. The molecule has 15 heavy (non-hydrogen) atoms. The van der Waals surface area contributed by atoms with Gasteiger partial charge in [0.05, 0.1) is 6.10 Å². The second kappa shape index (κ2) is 4.33. The van der Waals surface area contributed by atoms with Crippen LogP contribution < -0.4 is 10.6 Å². The Balaban J connectivity index is 2.54. The SMILES string of the molecule is O=C(NC1NCC[C@@H](O)[C@@H]1O)C(F)(F)F. The fraction of sp³-hybridized carbons (Fsp3) is 0.857. The van der Waals surface area contributed by atoms with Gasteiger partial charge in [0.15, 0.2) is 0 Å². The molecule has 0 radical (unpaired) electrons. The molecule has 1 amide bonds. The molecule has 0 aliphatic carbocycles. The largest absolute Gasteiger partial charge is 0.471 e. The van der Waals surface area contributed by atoms with E-state index < -0.39 is 30.5 Å². The molecule has 0 saturated carbocycles. The minimum Gasteiger partial charge on any atom is -0.390 e. The van der Waals surface area contributed by atoms with E-state index in [0.717, 1.165) is 0 Å². The number of amides is 1. The molecule has 0 spiro atoms. The third-order valence-corrected chi connectivity index (χ3v) is 2.08. The summed E-state index contributed by atoms with van der Waals surface area (Å²) in [6, 6.07) is 0. The summed E-state index contributed by atoms with van der Waals surface area (Å²) in [5.74, 6) is -2.15. The van der Waals surface area contributed by atoms with Crippen LogP contribution in [-0.4, -0.2) is 47.2 Å². The molecular weight excluding hydrogens is 217 g/mol. The molecule has 1 rings (SSSR count). The zero-order valence-electron chi connectivity index (χ0n) is 7.58. The molecular formula is C7H11F3N2O3. The molecule has 88 valence electrons. The average Bonchev–Trinajstić information content (AvgIpc) is 2.11. The van der Waals surface area contributed by atoms with Gasteiger partial charge in [-0.2, -0.15) is 13.2 Å². The van der Waals surface area contributed by atoms with Crippen molar-refractivity contribution < 1.29 is 28.2 Å². The van der Waals surface area contributed by atoms with Crippen molar-refractivity contribution in [2.24, 2.45) is 0 Å². The van der Waals surface area contributed by atoms with Crippen LogP contribution in [0.4, 0.5) is 13.2 Å². The number of aliphatic hydroxyl groups is 2. The van der Waals surface area contributed by atoms with E-state index in [4.69, 9.17) is 5.11 Å². The van der Waals surface area contributed by atoms with Crippen molar-refractivity contribution in [1.82, 2.24) is 10.6 Å². The topological polar surface area (TPSA) is 81.6 Å². The standard InChI is InChI=1S/C7H11F3N2O3/c8-7(9,10)6(15)12-5-4(14)3(13)1-2-11-5/h3-5,11,13-14H,1-2H2,(H,12,15)/t3-,4+,5?/m1/s1. The second-order valence-electron chi connectivity index (χ2n) is 3.25. The fourth-order valence-corrected chi connectivity index (χ4v) is 1.26. The highest BCUT2D eigenvalue weighted by atomic mass is 19.4. The van der Waals surface area contributed by atoms with Gasteiger partial charge in [-0.05, 0) is 13.0 Å². The molecule has 8 heteroatoms. The van der Waals surface area contributed by atoms with Gasteiger partial charge in [-0.25, -0.2) is 0 Å². The second-order valence-corrected chi connectivity index (χ2v) is 3.25. The molecule has 5 nitrogen and oxygen atoms in total. The van der Waals surface area contributed by atoms with Crippen molar-refractivity contribution in [2.75, 3.05) is 6.54 Å². The normalized spacial score (nSPS) is 32.5. The quantitative estimate of drug-likeness (QED) is 0.450. The lowest BCUT2D eigenvalue weighted by atomic mass is 10.0. The molecule has 1 heterocycles. The maximum Gasteiger partial charge on any atom is 0.471 e. The lowest BCUT2D eigenvalue weighted by molar-refractivity contribution is -0.176. The Morgan fingerprint density at radius 2 is 2.00 bits per heavy atom. The summed E-state index contributed by atoms with van der Waals surface area (Å²) in [7, 11) is 0. The Morgan fingerprint density at radius 1 is 1.40 bits per heavy atom. The lowest BCUT2D eigenvalue weighted by Crippen LogP contribution is -2.62. The molecule has 1 unspecified atom stereocenters. The minimum atomic E-state index is -5.00. The smallest absolute Gasteiger partial charge is 0.390 e. The Kier molecular flexibility index (Phi) is 3.53. The van der Waals surface area contributed by atoms with Crippen LogP contribution in [0.15, 0.2) is 0 Å². The number of alkyl halides is 3. The van der Waals surface area contributed by atoms with Crippen LogP contribution >= 0.6 is 0 Å². The van der Waals surface area contributed by atoms with Gasteiger partial charge in [-0.1, -0.05) is 0 Å². The van der Waals surface area contributed by atoms with Crippen LogP contribution in [0.2, 0.25) is 0 Å². The Hall–Kier alpha value is -0.860. The first-order valence-corrected chi connectivity index (χ1v) is 4.29. The summed E-state index contributed by atoms with van der Waals surface area (Å²) in [5, 5.41) is 22.4. The van der Waals surface area contributed by atoms with Gasteiger partial charge in [0.25, 0.3) is 0 Å². The molecule has 0 aromatic carbocycles. The molecule has 1 fully saturated rings. The van der Waals surface area contributed by atoms with E-state index >= 15 is 0 Å². The number of aliphatic hydroxyl groups excluding tert-OH is 2. The predicted molar refractivity (Wildman–Crippen MR) is 42.6 cm³/mol. The van der Waals surface area contributed by atoms with Crippen molar-refractivity contribution in [3.05, 3.63) is 0 Å². The van der Waals surface area contributed by atoms with Crippen LogP contribution in [0.3, 0.4) is 0 Å². The van der Waals surface area contributed by atoms with Gasteiger partial charge in [-0.15, -0.1) is 0 Å². The molecule has 3 atom stereocenters. The third kappa shape index (κ3) is 3.05. The zero-order chi connectivity index (χ0) is 11.6. The highest BCUT2D eigenvalue weighted by Crippen LogP contribution is 2.16. The third-order valence-electron chi connectivity index (χ3n) is 2.08. The number of halogens is 3. The summed E-state index contributed by atoms with van der Waals surface area (Å²) in [4.78, 5) is 10.5. The lowest BCUT2D eigenvalue weighted by Gasteiger charge is -2.33. The van der Waals surface area contributed by atoms with Crippen LogP contribution in [0, 0.1) is 0 Å². The molecule has 0 aromatic heterocycles. The van der Waals surface area contributed by atoms with E-state index in [9.17, 15) is 23.1 Å². The van der Waals surface area contributed by atoms with Crippen molar-refractivity contribution >= 4 is 5.91 Å². The highest BCUT2D eigenvalue weighted by molar-refractivity contribution is 5.81. The average molecular weight is 228 g/mol. The highest BCUT2D eigenvalue weighted by Gasteiger charge is 2.42. The van der Waals surface area contributed by atoms with Crippen molar-refractivity contribution in [3.8, 4) is 0 Å². The fourth-order valence-electron chi connectivity index (χ4n) is 1.26. The van der Waals surface area contributed by atoms with Crippen LogP contribution in [0.25, 0.3) is 0 Å². The predicted octanol–water partition coefficient (Wildman–Crippen LogP) is -1.29. The van der Waals surface area contributed by atoms with Gasteiger partial charge >= 0.3 is 12.1 Å². The number of rotatable bonds is 1. The van der Waals surface area contributed by atoms with Gasteiger partial charge in [0.2, 0.25) is 0 Å². The Bertz CT molecular complexity index is 246. The van der Waals surface area contributed by atoms with Gasteiger partial charge in [-0.3, -0.25) is 10.1 Å². The first kappa shape index (κ1) is 12.2. The van der Waals surface area contributed by atoms with E-state index in [1.165, 1.54) is 0 Å². The number of carbonyl (C=O) groups is 1. The number of nitrogens with one attached hydrogen (secondary N) is 2. The number of piperidine rings is 1. The molecule has 0 aromatic rings. The van der Waals surface area contributed by atoms with Gasteiger partial charge < -0.3 is 15.5 Å². The van der Waals surface area contributed by atoms with E-state index in [1.54, 1.807) is 5.32 Å². The summed E-state index contributed by atoms with van der Waals surface area (Å²) in [5.41, 5.74) is 0. The maximum absolute atomic E-state index is 11.8. The van der Waals surface area contributed by atoms with E-state index in [-0.39, 0.29) is 13.0 Å². The summed E-state index contributed by atoms with van der Waals surface area (Å²) in [6.07, 6.45) is -8.62. The minimum absolute atomic E-state index is 0.222. The number of hydrogen-bond acceptors (Lipinski definition) is 4. The Morgan fingerprint density at radius 3 is 2.53 bits per heavy atom. The molecule has 1 aliphatic heterocycles. The maximum atomic E-state index is 11.8. The summed E-state index contributed by atoms with van der Waals surface area (Å²) < 4.78 is 35.5. The van der Waals surface area contributed by atoms with E-state index in [1.807, 2.05) is 0 Å². The Labute approximate surface area is 83.3 Å². The van der Waals surface area contributed by atoms with Gasteiger partial charge in [0, 0.05) is 0 Å².